The summed E-state index contributed by atoms with van der Waals surface area (Å²) < 4.78 is 21.6. The fourth-order valence-corrected chi connectivity index (χ4v) is 3.61. The smallest absolute Gasteiger partial charge is 0.303 e. The lowest BCUT2D eigenvalue weighted by atomic mass is 10.1. The first-order valence-corrected chi connectivity index (χ1v) is 9.01. The molecule has 142 valence electrons. The summed E-state index contributed by atoms with van der Waals surface area (Å²) in [5.74, 6) is -1.65. The van der Waals surface area contributed by atoms with Crippen LogP contribution in [-0.2, 0) is 33.3 Å². The van der Waals surface area contributed by atoms with E-state index >= 15 is 0 Å². The molecule has 0 aromatic heterocycles. The van der Waals surface area contributed by atoms with Crippen molar-refractivity contribution >= 4 is 29.7 Å². The van der Waals surface area contributed by atoms with Crippen molar-refractivity contribution in [3.05, 3.63) is 29.8 Å². The van der Waals surface area contributed by atoms with E-state index in [4.69, 9.17) is 18.9 Å². The summed E-state index contributed by atoms with van der Waals surface area (Å²) in [7, 11) is 0. The normalized spacial score (nSPS) is 25.2. The van der Waals surface area contributed by atoms with Crippen LogP contribution in [0.1, 0.15) is 26.3 Å². The lowest BCUT2D eigenvalue weighted by molar-refractivity contribution is -0.213. The molecule has 0 aliphatic carbocycles. The molecule has 0 bridgehead atoms. The van der Waals surface area contributed by atoms with Crippen molar-refractivity contribution in [1.82, 2.24) is 0 Å². The van der Waals surface area contributed by atoms with E-state index in [0.717, 1.165) is 10.5 Å². The average molecular weight is 382 g/mol. The molecule has 7 nitrogen and oxygen atoms in total. The summed E-state index contributed by atoms with van der Waals surface area (Å²) in [6.07, 6.45) is -2.71. The third kappa shape index (κ3) is 5.74. The molecule has 8 heteroatoms. The third-order valence-electron chi connectivity index (χ3n) is 3.58. The summed E-state index contributed by atoms with van der Waals surface area (Å²) in [5, 5.41) is 0. The summed E-state index contributed by atoms with van der Waals surface area (Å²) in [5.41, 5.74) is 0.501. The molecule has 1 aromatic carbocycles. The summed E-state index contributed by atoms with van der Waals surface area (Å²) >= 11 is 1.34. The van der Waals surface area contributed by atoms with Gasteiger partial charge in [-0.1, -0.05) is 29.5 Å². The quantitative estimate of drug-likeness (QED) is 0.566. The average Bonchev–Trinajstić information content (AvgIpc) is 2.53. The maximum Gasteiger partial charge on any atom is 0.303 e. The minimum absolute atomic E-state index is 0.0266. The summed E-state index contributed by atoms with van der Waals surface area (Å²) in [6.45, 7) is 5.76. The highest BCUT2D eigenvalue weighted by Crippen LogP contribution is 2.34. The van der Waals surface area contributed by atoms with Crippen molar-refractivity contribution in [2.45, 2.75) is 56.3 Å². The molecule has 2 rings (SSSR count). The second-order valence-corrected chi connectivity index (χ2v) is 7.10. The van der Waals surface area contributed by atoms with E-state index in [9.17, 15) is 14.4 Å². The first-order chi connectivity index (χ1) is 12.3. The molecule has 0 amide bonds. The monoisotopic (exact) mass is 382 g/mol. The zero-order chi connectivity index (χ0) is 19.3. The van der Waals surface area contributed by atoms with E-state index in [1.165, 1.54) is 32.5 Å². The summed E-state index contributed by atoms with van der Waals surface area (Å²) in [4.78, 5) is 35.4. The van der Waals surface area contributed by atoms with Gasteiger partial charge in [0, 0.05) is 25.7 Å². The zero-order valence-electron chi connectivity index (χ0n) is 15.1. The number of hydrogen-bond acceptors (Lipinski definition) is 8. The third-order valence-corrected chi connectivity index (χ3v) is 4.76. The van der Waals surface area contributed by atoms with Crippen molar-refractivity contribution in [2.24, 2.45) is 0 Å². The van der Waals surface area contributed by atoms with Crippen LogP contribution in [0.2, 0.25) is 0 Å². The van der Waals surface area contributed by atoms with E-state index < -0.39 is 41.7 Å². The second-order valence-electron chi connectivity index (χ2n) is 5.93. The molecule has 1 aliphatic heterocycles. The first kappa shape index (κ1) is 20.3. The number of carbonyl (C=O) groups excluding carboxylic acids is 3. The van der Waals surface area contributed by atoms with Crippen LogP contribution in [0.15, 0.2) is 29.2 Å². The minimum Gasteiger partial charge on any atom is -0.456 e. The number of thioether (sulfide) groups is 1. The fourth-order valence-electron chi connectivity index (χ4n) is 2.56. The highest BCUT2D eigenvalue weighted by molar-refractivity contribution is 7.99. The van der Waals surface area contributed by atoms with Gasteiger partial charge in [-0.25, -0.2) is 0 Å². The molecule has 4 atom stereocenters. The number of ether oxygens (including phenoxy) is 4. The number of carbonyl (C=O) groups is 3. The van der Waals surface area contributed by atoms with E-state index in [1.54, 1.807) is 0 Å². The number of hydrogen-bond donors (Lipinski definition) is 0. The van der Waals surface area contributed by atoms with Crippen LogP contribution in [0.5, 0.6) is 0 Å². The molecule has 1 aromatic rings. The Morgan fingerprint density at radius 2 is 1.46 bits per heavy atom. The topological polar surface area (TPSA) is 88.1 Å². The standard InChI is InChI=1S/C18H22O7S/c1-10-5-7-14(8-6-10)26-18-17(25-13(4)21)16(24-12(3)20)15(9-22-18)23-11(2)19/h5-8,15-18H,9H2,1-4H3/t15-,16?,17?,18+/m1/s1. The molecule has 1 aliphatic rings. The van der Waals surface area contributed by atoms with Gasteiger partial charge in [0.2, 0.25) is 0 Å². The molecule has 0 N–H and O–H groups in total. The van der Waals surface area contributed by atoms with Gasteiger partial charge in [0.1, 0.15) is 5.44 Å². The van der Waals surface area contributed by atoms with Crippen molar-refractivity contribution in [3.8, 4) is 0 Å². The van der Waals surface area contributed by atoms with E-state index in [-0.39, 0.29) is 6.61 Å². The van der Waals surface area contributed by atoms with Crippen molar-refractivity contribution in [2.75, 3.05) is 6.61 Å². The Labute approximate surface area is 156 Å². The second kappa shape index (κ2) is 9.05. The van der Waals surface area contributed by atoms with Gasteiger partial charge < -0.3 is 18.9 Å². The molecule has 0 saturated carbocycles. The largest absolute Gasteiger partial charge is 0.456 e. The first-order valence-electron chi connectivity index (χ1n) is 8.13. The van der Waals surface area contributed by atoms with Gasteiger partial charge in [0.15, 0.2) is 18.3 Å². The van der Waals surface area contributed by atoms with Crippen LogP contribution in [0, 0.1) is 6.92 Å². The van der Waals surface area contributed by atoms with Gasteiger partial charge in [-0.2, -0.15) is 0 Å². The molecule has 1 saturated heterocycles. The molecular weight excluding hydrogens is 360 g/mol. The molecule has 0 radical (unpaired) electrons. The zero-order valence-corrected chi connectivity index (χ0v) is 15.9. The number of aryl methyl sites for hydroxylation is 1. The number of esters is 3. The summed E-state index contributed by atoms with van der Waals surface area (Å²) in [6, 6.07) is 7.76. The number of rotatable bonds is 5. The van der Waals surface area contributed by atoms with E-state index in [2.05, 4.69) is 0 Å². The van der Waals surface area contributed by atoms with Crippen LogP contribution in [-0.4, -0.2) is 48.3 Å². The van der Waals surface area contributed by atoms with Crippen molar-refractivity contribution < 1.29 is 33.3 Å². The molecule has 0 spiro atoms. The van der Waals surface area contributed by atoms with E-state index in [0.29, 0.717) is 0 Å². The Morgan fingerprint density at radius 3 is 2.00 bits per heavy atom. The number of benzene rings is 1. The molecule has 1 fully saturated rings. The maximum absolute atomic E-state index is 11.6. The SMILES string of the molecule is CC(=O)OC1C(OC(C)=O)[C@H](Sc2ccc(C)cc2)OC[C@H]1OC(C)=O. The Kier molecular flexibility index (Phi) is 7.05. The van der Waals surface area contributed by atoms with Gasteiger partial charge in [-0.3, -0.25) is 14.4 Å². The van der Waals surface area contributed by atoms with Gasteiger partial charge in [-0.05, 0) is 19.1 Å². The van der Waals surface area contributed by atoms with Crippen molar-refractivity contribution in [3.63, 3.8) is 0 Å². The predicted octanol–water partition coefficient (Wildman–Crippen LogP) is 2.24. The highest BCUT2D eigenvalue weighted by atomic mass is 32.2. The molecule has 26 heavy (non-hydrogen) atoms. The van der Waals surface area contributed by atoms with Crippen LogP contribution in [0.4, 0.5) is 0 Å². The molecule has 1 heterocycles. The molecule has 2 unspecified atom stereocenters. The Balaban J connectivity index is 2.25. The van der Waals surface area contributed by atoms with Crippen LogP contribution >= 0.6 is 11.8 Å². The van der Waals surface area contributed by atoms with Gasteiger partial charge >= 0.3 is 17.9 Å². The van der Waals surface area contributed by atoms with Crippen LogP contribution < -0.4 is 0 Å². The van der Waals surface area contributed by atoms with Gasteiger partial charge in [-0.15, -0.1) is 0 Å². The Morgan fingerprint density at radius 1 is 0.923 bits per heavy atom. The maximum atomic E-state index is 11.6. The predicted molar refractivity (Wildman–Crippen MR) is 93.4 cm³/mol. The fraction of sp³-hybridized carbons (Fsp3) is 0.500. The lowest BCUT2D eigenvalue weighted by Crippen LogP contribution is -2.56. The highest BCUT2D eigenvalue weighted by Gasteiger charge is 2.47. The lowest BCUT2D eigenvalue weighted by Gasteiger charge is -2.40. The van der Waals surface area contributed by atoms with Gasteiger partial charge in [0.25, 0.3) is 0 Å². The molecular formula is C18H22O7S. The van der Waals surface area contributed by atoms with Gasteiger partial charge in [0.05, 0.1) is 6.61 Å². The Bertz CT molecular complexity index is 658. The Hall–Kier alpha value is -2.06. The van der Waals surface area contributed by atoms with Crippen LogP contribution in [0.3, 0.4) is 0 Å². The van der Waals surface area contributed by atoms with Crippen molar-refractivity contribution in [1.29, 1.82) is 0 Å². The van der Waals surface area contributed by atoms with E-state index in [1.807, 2.05) is 31.2 Å². The van der Waals surface area contributed by atoms with Crippen LogP contribution in [0.25, 0.3) is 0 Å². The minimum atomic E-state index is -0.947.